The maximum absolute atomic E-state index is 10.4. The number of benzene rings is 1. The van der Waals surface area contributed by atoms with Gasteiger partial charge in [0.25, 0.3) is 0 Å². The van der Waals surface area contributed by atoms with Gasteiger partial charge in [-0.2, -0.15) is 0 Å². The van der Waals surface area contributed by atoms with Crippen LogP contribution in [0.2, 0.25) is 0 Å². The second-order valence-corrected chi connectivity index (χ2v) is 3.46. The van der Waals surface area contributed by atoms with Crippen molar-refractivity contribution in [1.82, 2.24) is 0 Å². The van der Waals surface area contributed by atoms with Crippen LogP contribution in [0.5, 0.6) is 0 Å². The first kappa shape index (κ1) is 11.5. The monoisotopic (exact) mass is 206 g/mol. The fourth-order valence-electron chi connectivity index (χ4n) is 1.35. The Hall–Kier alpha value is -1.61. The van der Waals surface area contributed by atoms with Gasteiger partial charge in [0.15, 0.2) is 0 Å². The number of carboxylic acid groups (broad SMARTS) is 1. The molecule has 3 nitrogen and oxygen atoms in total. The number of aliphatic hydroxyl groups is 1. The molecule has 0 aliphatic carbocycles. The van der Waals surface area contributed by atoms with Crippen LogP contribution >= 0.6 is 0 Å². The van der Waals surface area contributed by atoms with Gasteiger partial charge in [0, 0.05) is 6.08 Å². The molecule has 1 rings (SSSR count). The molecule has 0 heterocycles. The maximum Gasteiger partial charge on any atom is 0.328 e. The second kappa shape index (κ2) is 4.75. The third-order valence-corrected chi connectivity index (χ3v) is 2.33. The average molecular weight is 206 g/mol. The standard InChI is InChI=1S/C12H14O3/c1-8-5-10(3-4-12(14)15)11(7-13)6-9(8)2/h3-6,13H,7H2,1-2H3,(H,14,15)/b4-3+. The maximum atomic E-state index is 10.4. The van der Waals surface area contributed by atoms with E-state index < -0.39 is 5.97 Å². The molecule has 0 unspecified atom stereocenters. The van der Waals surface area contributed by atoms with Crippen molar-refractivity contribution in [2.24, 2.45) is 0 Å². The Bertz CT molecular complexity index is 406. The lowest BCUT2D eigenvalue weighted by atomic mass is 10.00. The van der Waals surface area contributed by atoms with Gasteiger partial charge >= 0.3 is 5.97 Å². The van der Waals surface area contributed by atoms with Crippen molar-refractivity contribution in [3.63, 3.8) is 0 Å². The van der Waals surface area contributed by atoms with E-state index in [1.807, 2.05) is 26.0 Å². The average Bonchev–Trinajstić information content (AvgIpc) is 2.19. The summed E-state index contributed by atoms with van der Waals surface area (Å²) in [6, 6.07) is 3.75. The van der Waals surface area contributed by atoms with Crippen molar-refractivity contribution < 1.29 is 15.0 Å². The van der Waals surface area contributed by atoms with Crippen molar-refractivity contribution in [2.45, 2.75) is 20.5 Å². The highest BCUT2D eigenvalue weighted by Crippen LogP contribution is 2.17. The number of aryl methyl sites for hydroxylation is 2. The Labute approximate surface area is 88.7 Å². The third-order valence-electron chi connectivity index (χ3n) is 2.33. The molecule has 0 aromatic heterocycles. The summed E-state index contributed by atoms with van der Waals surface area (Å²) in [5.41, 5.74) is 3.67. The molecule has 0 aliphatic rings. The highest BCUT2D eigenvalue weighted by Gasteiger charge is 2.02. The van der Waals surface area contributed by atoms with Crippen LogP contribution in [0, 0.1) is 13.8 Å². The third kappa shape index (κ3) is 2.92. The molecule has 0 atom stereocenters. The van der Waals surface area contributed by atoms with Crippen LogP contribution in [-0.2, 0) is 11.4 Å². The van der Waals surface area contributed by atoms with Gasteiger partial charge in [-0.15, -0.1) is 0 Å². The molecule has 0 saturated carbocycles. The van der Waals surface area contributed by atoms with E-state index in [4.69, 9.17) is 10.2 Å². The summed E-state index contributed by atoms with van der Waals surface area (Å²) in [4.78, 5) is 10.4. The zero-order chi connectivity index (χ0) is 11.4. The quantitative estimate of drug-likeness (QED) is 0.742. The van der Waals surface area contributed by atoms with E-state index in [0.29, 0.717) is 0 Å². The van der Waals surface area contributed by atoms with Gasteiger partial charge in [-0.25, -0.2) is 4.79 Å². The topological polar surface area (TPSA) is 57.5 Å². The normalized spacial score (nSPS) is 10.9. The first-order chi connectivity index (χ1) is 7.04. The van der Waals surface area contributed by atoms with E-state index in [-0.39, 0.29) is 6.61 Å². The largest absolute Gasteiger partial charge is 0.478 e. The van der Waals surface area contributed by atoms with Gasteiger partial charge in [0.2, 0.25) is 0 Å². The molecule has 0 amide bonds. The number of rotatable bonds is 3. The molecule has 0 bridgehead atoms. The van der Waals surface area contributed by atoms with E-state index >= 15 is 0 Å². The Morgan fingerprint density at radius 2 is 1.93 bits per heavy atom. The minimum Gasteiger partial charge on any atom is -0.478 e. The van der Waals surface area contributed by atoms with Crippen molar-refractivity contribution in [1.29, 1.82) is 0 Å². The van der Waals surface area contributed by atoms with Crippen molar-refractivity contribution in [3.8, 4) is 0 Å². The number of aliphatic carboxylic acids is 1. The Balaban J connectivity index is 3.16. The Kier molecular flexibility index (Phi) is 3.63. The summed E-state index contributed by atoms with van der Waals surface area (Å²) in [5, 5.41) is 17.6. The molecular formula is C12H14O3. The fraction of sp³-hybridized carbons (Fsp3) is 0.250. The fourth-order valence-corrected chi connectivity index (χ4v) is 1.35. The number of hydrogen-bond donors (Lipinski definition) is 2. The number of hydrogen-bond acceptors (Lipinski definition) is 2. The molecule has 0 aliphatic heterocycles. The van der Waals surface area contributed by atoms with Crippen molar-refractivity contribution in [2.75, 3.05) is 0 Å². The van der Waals surface area contributed by atoms with Crippen LogP contribution in [0.3, 0.4) is 0 Å². The Morgan fingerprint density at radius 3 is 2.47 bits per heavy atom. The minimum atomic E-state index is -0.989. The molecular weight excluding hydrogens is 192 g/mol. The number of carbonyl (C=O) groups is 1. The van der Waals surface area contributed by atoms with Gasteiger partial charge in [-0.1, -0.05) is 12.1 Å². The lowest BCUT2D eigenvalue weighted by molar-refractivity contribution is -0.131. The summed E-state index contributed by atoms with van der Waals surface area (Å²) < 4.78 is 0. The van der Waals surface area contributed by atoms with Crippen LogP contribution < -0.4 is 0 Å². The zero-order valence-corrected chi connectivity index (χ0v) is 8.82. The summed E-state index contributed by atoms with van der Waals surface area (Å²) in [6.07, 6.45) is 2.57. The summed E-state index contributed by atoms with van der Waals surface area (Å²) in [6.45, 7) is 3.83. The number of aliphatic hydroxyl groups excluding tert-OH is 1. The van der Waals surface area contributed by atoms with Crippen LogP contribution in [0.4, 0.5) is 0 Å². The van der Waals surface area contributed by atoms with Crippen molar-refractivity contribution in [3.05, 3.63) is 40.5 Å². The van der Waals surface area contributed by atoms with Crippen LogP contribution in [0.25, 0.3) is 6.08 Å². The van der Waals surface area contributed by atoms with E-state index in [9.17, 15) is 4.79 Å². The first-order valence-electron chi connectivity index (χ1n) is 4.66. The molecule has 0 saturated heterocycles. The summed E-state index contributed by atoms with van der Waals surface area (Å²) in [5.74, 6) is -0.989. The minimum absolute atomic E-state index is 0.0829. The molecule has 2 N–H and O–H groups in total. The molecule has 1 aromatic carbocycles. The lowest BCUT2D eigenvalue weighted by Crippen LogP contribution is -1.94. The summed E-state index contributed by atoms with van der Waals surface area (Å²) >= 11 is 0. The van der Waals surface area contributed by atoms with E-state index in [1.165, 1.54) is 6.08 Å². The zero-order valence-electron chi connectivity index (χ0n) is 8.82. The van der Waals surface area contributed by atoms with Crippen LogP contribution in [0.15, 0.2) is 18.2 Å². The predicted molar refractivity (Wildman–Crippen MR) is 58.5 cm³/mol. The molecule has 1 aromatic rings. The van der Waals surface area contributed by atoms with Crippen LogP contribution in [0.1, 0.15) is 22.3 Å². The molecule has 3 heteroatoms. The Morgan fingerprint density at radius 1 is 1.33 bits per heavy atom. The van der Waals surface area contributed by atoms with Crippen molar-refractivity contribution >= 4 is 12.0 Å². The molecule has 0 fully saturated rings. The molecule has 80 valence electrons. The lowest BCUT2D eigenvalue weighted by Gasteiger charge is -2.07. The van der Waals surface area contributed by atoms with Crippen LogP contribution in [-0.4, -0.2) is 16.2 Å². The molecule has 0 radical (unpaired) electrons. The van der Waals surface area contributed by atoms with Gasteiger partial charge in [-0.3, -0.25) is 0 Å². The smallest absolute Gasteiger partial charge is 0.328 e. The first-order valence-corrected chi connectivity index (χ1v) is 4.66. The van der Waals surface area contributed by atoms with E-state index in [1.54, 1.807) is 0 Å². The van der Waals surface area contributed by atoms with Gasteiger partial charge in [0.1, 0.15) is 0 Å². The highest BCUT2D eigenvalue weighted by molar-refractivity contribution is 5.85. The predicted octanol–water partition coefficient (Wildman–Crippen LogP) is 1.89. The van der Waals surface area contributed by atoms with Gasteiger partial charge in [0.05, 0.1) is 6.61 Å². The highest BCUT2D eigenvalue weighted by atomic mass is 16.4. The van der Waals surface area contributed by atoms with Gasteiger partial charge < -0.3 is 10.2 Å². The molecule has 0 spiro atoms. The van der Waals surface area contributed by atoms with Gasteiger partial charge in [-0.05, 0) is 42.2 Å². The SMILES string of the molecule is Cc1cc(/C=C/C(=O)O)c(CO)cc1C. The van der Waals surface area contributed by atoms with E-state index in [2.05, 4.69) is 0 Å². The van der Waals surface area contributed by atoms with E-state index in [0.717, 1.165) is 28.3 Å². The second-order valence-electron chi connectivity index (χ2n) is 3.46. The molecule has 15 heavy (non-hydrogen) atoms. The number of carboxylic acids is 1. The summed E-state index contributed by atoms with van der Waals surface area (Å²) in [7, 11) is 0.